The Labute approximate surface area is 90.9 Å². The van der Waals surface area contributed by atoms with Crippen LogP contribution in [-0.4, -0.2) is 12.9 Å². The van der Waals surface area contributed by atoms with Crippen molar-refractivity contribution in [2.24, 2.45) is 5.92 Å². The fourth-order valence-electron chi connectivity index (χ4n) is 1.09. The maximum Gasteiger partial charge on any atom is 0.132 e. The lowest BCUT2D eigenvalue weighted by Gasteiger charge is -2.10. The SMILES string of the molecule is CC[C@H](C)CSc1ccccc1OC. The molecule has 0 aliphatic heterocycles. The number of methoxy groups -OCH3 is 1. The van der Waals surface area contributed by atoms with Gasteiger partial charge in [-0.15, -0.1) is 11.8 Å². The van der Waals surface area contributed by atoms with Crippen molar-refractivity contribution >= 4 is 11.8 Å². The van der Waals surface area contributed by atoms with Gasteiger partial charge in [0.15, 0.2) is 0 Å². The van der Waals surface area contributed by atoms with Gasteiger partial charge < -0.3 is 4.74 Å². The van der Waals surface area contributed by atoms with Crippen LogP contribution in [0.1, 0.15) is 20.3 Å². The molecule has 2 heteroatoms. The summed E-state index contributed by atoms with van der Waals surface area (Å²) in [5.74, 6) is 2.92. The molecular formula is C12H18OS. The Hall–Kier alpha value is -0.630. The van der Waals surface area contributed by atoms with Gasteiger partial charge in [0, 0.05) is 10.6 Å². The first-order valence-corrected chi connectivity index (χ1v) is 6.02. The average Bonchev–Trinajstić information content (AvgIpc) is 2.26. The molecule has 0 heterocycles. The number of rotatable bonds is 5. The first kappa shape index (κ1) is 11.4. The van der Waals surface area contributed by atoms with E-state index >= 15 is 0 Å². The highest BCUT2D eigenvalue weighted by atomic mass is 32.2. The van der Waals surface area contributed by atoms with Gasteiger partial charge in [-0.2, -0.15) is 0 Å². The largest absolute Gasteiger partial charge is 0.496 e. The highest BCUT2D eigenvalue weighted by molar-refractivity contribution is 7.99. The fourth-order valence-corrected chi connectivity index (χ4v) is 2.26. The summed E-state index contributed by atoms with van der Waals surface area (Å²) >= 11 is 1.88. The van der Waals surface area contributed by atoms with Crippen molar-refractivity contribution < 1.29 is 4.74 Å². The summed E-state index contributed by atoms with van der Waals surface area (Å²) in [6, 6.07) is 8.19. The molecule has 0 aliphatic carbocycles. The molecule has 0 aromatic heterocycles. The Kier molecular flexibility index (Phi) is 4.88. The molecule has 14 heavy (non-hydrogen) atoms. The second-order valence-corrected chi connectivity index (χ2v) is 4.54. The molecule has 0 radical (unpaired) electrons. The second-order valence-electron chi connectivity index (χ2n) is 3.48. The van der Waals surface area contributed by atoms with E-state index in [0.29, 0.717) is 0 Å². The molecule has 0 amide bonds. The molecule has 0 fully saturated rings. The lowest BCUT2D eigenvalue weighted by Crippen LogP contribution is -1.95. The summed E-state index contributed by atoms with van der Waals surface area (Å²) in [6.45, 7) is 4.51. The summed E-state index contributed by atoms with van der Waals surface area (Å²) in [4.78, 5) is 1.25. The van der Waals surface area contributed by atoms with E-state index in [4.69, 9.17) is 4.74 Å². The topological polar surface area (TPSA) is 9.23 Å². The molecule has 0 saturated heterocycles. The highest BCUT2D eigenvalue weighted by Gasteiger charge is 2.04. The van der Waals surface area contributed by atoms with Gasteiger partial charge in [0.1, 0.15) is 5.75 Å². The standard InChI is InChI=1S/C12H18OS/c1-4-10(2)9-14-12-8-6-5-7-11(12)13-3/h5-8,10H,4,9H2,1-3H3/t10-/m0/s1. The predicted molar refractivity (Wildman–Crippen MR) is 63.2 cm³/mol. The van der Waals surface area contributed by atoms with Crippen LogP contribution < -0.4 is 4.74 Å². The monoisotopic (exact) mass is 210 g/mol. The molecule has 1 rings (SSSR count). The van der Waals surface area contributed by atoms with Crippen molar-refractivity contribution in [2.45, 2.75) is 25.2 Å². The number of benzene rings is 1. The van der Waals surface area contributed by atoms with Crippen molar-refractivity contribution in [1.82, 2.24) is 0 Å². The molecule has 0 aliphatic rings. The Balaban J connectivity index is 2.57. The molecule has 0 saturated carbocycles. The Morgan fingerprint density at radius 2 is 2.07 bits per heavy atom. The van der Waals surface area contributed by atoms with Crippen molar-refractivity contribution in [1.29, 1.82) is 0 Å². The lowest BCUT2D eigenvalue weighted by molar-refractivity contribution is 0.405. The average molecular weight is 210 g/mol. The Morgan fingerprint density at radius 3 is 2.71 bits per heavy atom. The molecule has 78 valence electrons. The van der Waals surface area contributed by atoms with Gasteiger partial charge in [-0.3, -0.25) is 0 Å². The number of para-hydroxylation sites is 1. The summed E-state index contributed by atoms with van der Waals surface area (Å²) in [5.41, 5.74) is 0. The summed E-state index contributed by atoms with van der Waals surface area (Å²) < 4.78 is 5.29. The molecule has 1 nitrogen and oxygen atoms in total. The zero-order valence-electron chi connectivity index (χ0n) is 9.12. The molecular weight excluding hydrogens is 192 g/mol. The van der Waals surface area contributed by atoms with Crippen LogP contribution in [0.5, 0.6) is 5.75 Å². The third-order valence-electron chi connectivity index (χ3n) is 2.29. The van der Waals surface area contributed by atoms with Gasteiger partial charge in [-0.1, -0.05) is 32.4 Å². The molecule has 1 atom stereocenters. The smallest absolute Gasteiger partial charge is 0.132 e. The Morgan fingerprint density at radius 1 is 1.36 bits per heavy atom. The van der Waals surface area contributed by atoms with E-state index in [1.807, 2.05) is 23.9 Å². The molecule has 0 N–H and O–H groups in total. The van der Waals surface area contributed by atoms with Crippen molar-refractivity contribution in [3.05, 3.63) is 24.3 Å². The number of ether oxygens (including phenoxy) is 1. The third-order valence-corrected chi connectivity index (χ3v) is 3.67. The molecule has 0 bridgehead atoms. The van der Waals surface area contributed by atoms with E-state index in [2.05, 4.69) is 26.0 Å². The molecule has 1 aromatic rings. The minimum absolute atomic E-state index is 0.768. The quantitative estimate of drug-likeness (QED) is 0.683. The molecule has 1 aromatic carbocycles. The highest BCUT2D eigenvalue weighted by Crippen LogP contribution is 2.30. The van der Waals surface area contributed by atoms with E-state index in [1.54, 1.807) is 7.11 Å². The third kappa shape index (κ3) is 3.26. The van der Waals surface area contributed by atoms with Crippen LogP contribution >= 0.6 is 11.8 Å². The van der Waals surface area contributed by atoms with Crippen molar-refractivity contribution in [3.63, 3.8) is 0 Å². The summed E-state index contributed by atoms with van der Waals surface area (Å²) in [6.07, 6.45) is 1.24. The minimum atomic E-state index is 0.768. The summed E-state index contributed by atoms with van der Waals surface area (Å²) in [7, 11) is 1.72. The number of hydrogen-bond donors (Lipinski definition) is 0. The van der Waals surface area contributed by atoms with Crippen LogP contribution in [-0.2, 0) is 0 Å². The van der Waals surface area contributed by atoms with Crippen LogP contribution in [0.3, 0.4) is 0 Å². The van der Waals surface area contributed by atoms with E-state index < -0.39 is 0 Å². The normalized spacial score (nSPS) is 12.5. The first-order chi connectivity index (χ1) is 6.77. The van der Waals surface area contributed by atoms with Gasteiger partial charge in [0.25, 0.3) is 0 Å². The molecule has 0 spiro atoms. The second kappa shape index (κ2) is 5.97. The van der Waals surface area contributed by atoms with Crippen molar-refractivity contribution in [3.8, 4) is 5.75 Å². The van der Waals surface area contributed by atoms with Gasteiger partial charge in [-0.05, 0) is 18.1 Å². The minimum Gasteiger partial charge on any atom is -0.496 e. The van der Waals surface area contributed by atoms with Gasteiger partial charge in [-0.25, -0.2) is 0 Å². The van der Waals surface area contributed by atoms with Gasteiger partial charge in [0.2, 0.25) is 0 Å². The maximum atomic E-state index is 5.29. The number of hydrogen-bond acceptors (Lipinski definition) is 2. The van der Waals surface area contributed by atoms with Crippen molar-refractivity contribution in [2.75, 3.05) is 12.9 Å². The van der Waals surface area contributed by atoms with Crippen LogP contribution in [0, 0.1) is 5.92 Å². The van der Waals surface area contributed by atoms with Gasteiger partial charge in [0.05, 0.1) is 7.11 Å². The van der Waals surface area contributed by atoms with E-state index in [1.165, 1.54) is 11.3 Å². The summed E-state index contributed by atoms with van der Waals surface area (Å²) in [5, 5.41) is 0. The maximum absolute atomic E-state index is 5.29. The van der Waals surface area contributed by atoms with Crippen LogP contribution in [0.2, 0.25) is 0 Å². The lowest BCUT2D eigenvalue weighted by atomic mass is 10.2. The van der Waals surface area contributed by atoms with E-state index in [0.717, 1.165) is 17.4 Å². The van der Waals surface area contributed by atoms with Crippen LogP contribution in [0.15, 0.2) is 29.2 Å². The molecule has 0 unspecified atom stereocenters. The fraction of sp³-hybridized carbons (Fsp3) is 0.500. The van der Waals surface area contributed by atoms with Gasteiger partial charge >= 0.3 is 0 Å². The van der Waals surface area contributed by atoms with E-state index in [-0.39, 0.29) is 0 Å². The van der Waals surface area contributed by atoms with E-state index in [9.17, 15) is 0 Å². The van der Waals surface area contributed by atoms with Crippen LogP contribution in [0.25, 0.3) is 0 Å². The predicted octanol–water partition coefficient (Wildman–Crippen LogP) is 3.83. The Bertz CT molecular complexity index is 273. The zero-order valence-corrected chi connectivity index (χ0v) is 9.93. The van der Waals surface area contributed by atoms with Crippen LogP contribution in [0.4, 0.5) is 0 Å². The first-order valence-electron chi connectivity index (χ1n) is 5.03. The zero-order chi connectivity index (χ0) is 10.4. The number of thioether (sulfide) groups is 1.